The molecule has 1 N–H and O–H groups in total. The number of hydrogen-bond acceptors (Lipinski definition) is 3. The number of benzene rings is 2. The van der Waals surface area contributed by atoms with Gasteiger partial charge >= 0.3 is 5.97 Å². The molecule has 0 fully saturated rings. The Morgan fingerprint density at radius 1 is 1.20 bits per heavy atom. The molecule has 2 aromatic rings. The molecule has 1 aliphatic rings. The third-order valence-corrected chi connectivity index (χ3v) is 6.22. The van der Waals surface area contributed by atoms with Crippen molar-refractivity contribution in [3.63, 3.8) is 0 Å². The highest BCUT2D eigenvalue weighted by Gasteiger charge is 2.30. The molecule has 130 valence electrons. The van der Waals surface area contributed by atoms with E-state index in [9.17, 15) is 13.2 Å². The van der Waals surface area contributed by atoms with Crippen LogP contribution in [0.1, 0.15) is 23.1 Å². The van der Waals surface area contributed by atoms with E-state index >= 15 is 0 Å². The quantitative estimate of drug-likeness (QED) is 0.853. The second-order valence-electron chi connectivity index (χ2n) is 6.01. The molecule has 1 heterocycles. The van der Waals surface area contributed by atoms with Gasteiger partial charge < -0.3 is 5.11 Å². The van der Waals surface area contributed by atoms with Crippen molar-refractivity contribution in [2.24, 2.45) is 0 Å². The zero-order chi connectivity index (χ0) is 18.0. The molecule has 0 spiro atoms. The molecule has 0 radical (unpaired) electrons. The number of sulfonamides is 1. The van der Waals surface area contributed by atoms with E-state index in [1.807, 2.05) is 24.3 Å². The fourth-order valence-corrected chi connectivity index (χ4v) is 4.84. The van der Waals surface area contributed by atoms with Crippen LogP contribution >= 0.6 is 0 Å². The minimum atomic E-state index is -3.72. The molecule has 0 unspecified atom stereocenters. The first kappa shape index (κ1) is 17.2. The summed E-state index contributed by atoms with van der Waals surface area (Å²) in [6, 6.07) is 12.5. The van der Waals surface area contributed by atoms with E-state index in [2.05, 4.69) is 0 Å². The Kier molecular flexibility index (Phi) is 4.63. The Morgan fingerprint density at radius 3 is 2.72 bits per heavy atom. The van der Waals surface area contributed by atoms with Gasteiger partial charge in [0.25, 0.3) is 10.0 Å². The summed E-state index contributed by atoms with van der Waals surface area (Å²) in [4.78, 5) is 10.9. The van der Waals surface area contributed by atoms with E-state index in [0.717, 1.165) is 30.2 Å². The Balaban J connectivity index is 2.07. The van der Waals surface area contributed by atoms with Crippen LogP contribution in [0, 0.1) is 6.92 Å². The molecule has 0 saturated carbocycles. The zero-order valence-electron chi connectivity index (χ0n) is 13.8. The van der Waals surface area contributed by atoms with E-state index in [4.69, 9.17) is 5.11 Å². The number of carboxylic acid groups (broad SMARTS) is 1. The second-order valence-corrected chi connectivity index (χ2v) is 7.84. The number of rotatable bonds is 4. The second kappa shape index (κ2) is 6.72. The summed E-state index contributed by atoms with van der Waals surface area (Å²) >= 11 is 0. The molecule has 3 rings (SSSR count). The number of nitrogens with zero attached hydrogens (tertiary/aromatic N) is 1. The predicted molar refractivity (Wildman–Crippen MR) is 97.1 cm³/mol. The summed E-state index contributed by atoms with van der Waals surface area (Å²) in [6.07, 6.45) is 4.03. The molecule has 2 aromatic carbocycles. The van der Waals surface area contributed by atoms with E-state index < -0.39 is 16.0 Å². The minimum Gasteiger partial charge on any atom is -0.478 e. The molecule has 1 aliphatic heterocycles. The average molecular weight is 357 g/mol. The number of carbonyl (C=O) groups is 1. The van der Waals surface area contributed by atoms with Crippen molar-refractivity contribution in [1.82, 2.24) is 0 Å². The number of aliphatic carboxylic acids is 1. The normalized spacial score (nSPS) is 14.5. The Hall–Kier alpha value is -2.60. The lowest BCUT2D eigenvalue weighted by molar-refractivity contribution is -0.131. The standard InChI is InChI=1S/C19H19NO4S/c1-14-8-9-15(10-11-19(21)22)13-18(14)25(23,24)20-12-4-6-16-5-2-3-7-17(16)20/h2-3,5,7-11,13H,4,6,12H2,1H3,(H,21,22). The van der Waals surface area contributed by atoms with Gasteiger partial charge in [-0.1, -0.05) is 30.3 Å². The summed E-state index contributed by atoms with van der Waals surface area (Å²) < 4.78 is 28.0. The molecule has 0 saturated heterocycles. The minimum absolute atomic E-state index is 0.205. The molecule has 25 heavy (non-hydrogen) atoms. The molecule has 0 bridgehead atoms. The fraction of sp³-hybridized carbons (Fsp3) is 0.211. The van der Waals surface area contributed by atoms with Crippen LogP contribution in [0.5, 0.6) is 0 Å². The summed E-state index contributed by atoms with van der Waals surface area (Å²) in [6.45, 7) is 2.18. The lowest BCUT2D eigenvalue weighted by atomic mass is 10.0. The number of hydrogen-bond donors (Lipinski definition) is 1. The monoisotopic (exact) mass is 357 g/mol. The van der Waals surface area contributed by atoms with Crippen LogP contribution in [-0.4, -0.2) is 26.0 Å². The van der Waals surface area contributed by atoms with Gasteiger partial charge in [0.05, 0.1) is 10.6 Å². The van der Waals surface area contributed by atoms with Crippen LogP contribution in [-0.2, 0) is 21.2 Å². The van der Waals surface area contributed by atoms with Crippen molar-refractivity contribution < 1.29 is 18.3 Å². The highest BCUT2D eigenvalue weighted by Crippen LogP contribution is 2.33. The van der Waals surface area contributed by atoms with E-state index in [-0.39, 0.29) is 4.90 Å². The van der Waals surface area contributed by atoms with Gasteiger partial charge in [0.1, 0.15) is 0 Å². The smallest absolute Gasteiger partial charge is 0.328 e. The van der Waals surface area contributed by atoms with Crippen molar-refractivity contribution in [3.05, 3.63) is 65.2 Å². The summed E-state index contributed by atoms with van der Waals surface area (Å²) in [7, 11) is -3.72. The molecule has 0 amide bonds. The largest absolute Gasteiger partial charge is 0.478 e. The average Bonchev–Trinajstić information content (AvgIpc) is 2.60. The highest BCUT2D eigenvalue weighted by molar-refractivity contribution is 7.92. The van der Waals surface area contributed by atoms with Crippen LogP contribution in [0.3, 0.4) is 0 Å². The van der Waals surface area contributed by atoms with Gasteiger partial charge in [-0.3, -0.25) is 4.31 Å². The van der Waals surface area contributed by atoms with Crippen molar-refractivity contribution in [1.29, 1.82) is 0 Å². The Morgan fingerprint density at radius 2 is 1.96 bits per heavy atom. The maximum atomic E-state index is 13.2. The SMILES string of the molecule is Cc1ccc(C=CC(=O)O)cc1S(=O)(=O)N1CCCc2ccccc21. The van der Waals surface area contributed by atoms with E-state index in [1.165, 1.54) is 16.4 Å². The summed E-state index contributed by atoms with van der Waals surface area (Å²) in [5, 5.41) is 8.76. The van der Waals surface area contributed by atoms with Gasteiger partial charge in [0, 0.05) is 12.6 Å². The first-order valence-electron chi connectivity index (χ1n) is 8.02. The van der Waals surface area contributed by atoms with Crippen molar-refractivity contribution in [2.75, 3.05) is 10.8 Å². The first-order chi connectivity index (χ1) is 11.9. The maximum Gasteiger partial charge on any atom is 0.328 e. The Labute approximate surface area is 147 Å². The lowest BCUT2D eigenvalue weighted by Crippen LogP contribution is -2.35. The van der Waals surface area contributed by atoms with Crippen LogP contribution < -0.4 is 4.31 Å². The van der Waals surface area contributed by atoms with Crippen LogP contribution in [0.25, 0.3) is 6.08 Å². The zero-order valence-corrected chi connectivity index (χ0v) is 14.7. The van der Waals surface area contributed by atoms with Crippen LogP contribution in [0.4, 0.5) is 5.69 Å². The van der Waals surface area contributed by atoms with Gasteiger partial charge in [-0.2, -0.15) is 0 Å². The predicted octanol–water partition coefficient (Wildman–Crippen LogP) is 3.23. The lowest BCUT2D eigenvalue weighted by Gasteiger charge is -2.31. The third kappa shape index (κ3) is 3.44. The Bertz CT molecular complexity index is 948. The number of carboxylic acids is 1. The molecular formula is C19H19NO4S. The number of anilines is 1. The fourth-order valence-electron chi connectivity index (χ4n) is 3.03. The van der Waals surface area contributed by atoms with E-state index in [0.29, 0.717) is 17.7 Å². The van der Waals surface area contributed by atoms with Crippen molar-refractivity contribution >= 4 is 27.8 Å². The molecule has 5 nitrogen and oxygen atoms in total. The maximum absolute atomic E-state index is 13.2. The molecule has 0 atom stereocenters. The molecule has 6 heteroatoms. The van der Waals surface area contributed by atoms with Gasteiger partial charge in [0.15, 0.2) is 0 Å². The van der Waals surface area contributed by atoms with Crippen molar-refractivity contribution in [2.45, 2.75) is 24.7 Å². The van der Waals surface area contributed by atoms with Crippen molar-refractivity contribution in [3.8, 4) is 0 Å². The van der Waals surface area contributed by atoms with Crippen LogP contribution in [0.15, 0.2) is 53.4 Å². The third-order valence-electron chi connectivity index (χ3n) is 4.27. The van der Waals surface area contributed by atoms with Crippen LogP contribution in [0.2, 0.25) is 0 Å². The molecule has 0 aliphatic carbocycles. The number of para-hydroxylation sites is 1. The molecule has 0 aromatic heterocycles. The highest BCUT2D eigenvalue weighted by atomic mass is 32.2. The van der Waals surface area contributed by atoms with E-state index in [1.54, 1.807) is 19.1 Å². The number of fused-ring (bicyclic) bond motifs is 1. The summed E-state index contributed by atoms with van der Waals surface area (Å²) in [5.74, 6) is -1.07. The van der Waals surface area contributed by atoms with Gasteiger partial charge in [0.2, 0.25) is 0 Å². The van der Waals surface area contributed by atoms with Gasteiger partial charge in [-0.05, 0) is 54.7 Å². The first-order valence-corrected chi connectivity index (χ1v) is 9.46. The topological polar surface area (TPSA) is 74.7 Å². The summed E-state index contributed by atoms with van der Waals surface area (Å²) in [5.41, 5.74) is 2.92. The number of aryl methyl sites for hydroxylation is 2. The molecular weight excluding hydrogens is 338 g/mol. The van der Waals surface area contributed by atoms with Gasteiger partial charge in [-0.15, -0.1) is 0 Å². The van der Waals surface area contributed by atoms with Gasteiger partial charge in [-0.25, -0.2) is 13.2 Å².